The predicted octanol–water partition coefficient (Wildman–Crippen LogP) is 1.02. The van der Waals surface area contributed by atoms with Crippen molar-refractivity contribution in [3.8, 4) is 0 Å². The van der Waals surface area contributed by atoms with Gasteiger partial charge < -0.3 is 23.8 Å². The Kier molecular flexibility index (Phi) is 10.7. The second-order valence-corrected chi connectivity index (χ2v) is 7.08. The second-order valence-electron chi connectivity index (χ2n) is 7.08. The van der Waals surface area contributed by atoms with E-state index in [1.54, 1.807) is 0 Å². The van der Waals surface area contributed by atoms with Gasteiger partial charge in [-0.05, 0) is 25.9 Å². The number of hydrogen-bond donors (Lipinski definition) is 0. The van der Waals surface area contributed by atoms with Crippen LogP contribution in [0.1, 0.15) is 26.2 Å². The van der Waals surface area contributed by atoms with E-state index in [2.05, 4.69) is 14.4 Å². The molecule has 0 aromatic heterocycles. The standard InChI is InChI=1S/C20H29NO8/c1-20(13-21-11-5-4-6-12-21,14-28-18(24)9-7-16(22)26-2)15-29-19(25)10-8-17(23)27-3/h7-10H,4-6,11-15H2,1-3H3/b9-7+,10-8+. The summed E-state index contributed by atoms with van der Waals surface area (Å²) in [7, 11) is 2.41. The molecule has 1 aliphatic rings. The largest absolute Gasteiger partial charge is 0.466 e. The molecule has 0 amide bonds. The molecule has 0 aromatic carbocycles. The molecule has 0 saturated carbocycles. The number of esters is 4. The van der Waals surface area contributed by atoms with Gasteiger partial charge in [-0.15, -0.1) is 0 Å². The van der Waals surface area contributed by atoms with Crippen LogP contribution in [-0.2, 0) is 38.1 Å². The zero-order valence-corrected chi connectivity index (χ0v) is 17.2. The van der Waals surface area contributed by atoms with Crippen LogP contribution in [0.15, 0.2) is 24.3 Å². The van der Waals surface area contributed by atoms with Crippen molar-refractivity contribution >= 4 is 23.9 Å². The predicted molar refractivity (Wildman–Crippen MR) is 103 cm³/mol. The number of carbonyl (C=O) groups is 4. The zero-order valence-electron chi connectivity index (χ0n) is 17.2. The summed E-state index contributed by atoms with van der Waals surface area (Å²) in [6, 6.07) is 0. The number of piperidine rings is 1. The molecule has 1 fully saturated rings. The summed E-state index contributed by atoms with van der Waals surface area (Å²) in [5, 5.41) is 0. The number of methoxy groups -OCH3 is 2. The lowest BCUT2D eigenvalue weighted by atomic mass is 9.91. The summed E-state index contributed by atoms with van der Waals surface area (Å²) in [5.41, 5.74) is -0.666. The van der Waals surface area contributed by atoms with Crippen LogP contribution in [0.4, 0.5) is 0 Å². The maximum absolute atomic E-state index is 11.9. The smallest absolute Gasteiger partial charge is 0.331 e. The third kappa shape index (κ3) is 10.4. The first-order valence-corrected chi connectivity index (χ1v) is 9.36. The van der Waals surface area contributed by atoms with Crippen LogP contribution < -0.4 is 0 Å². The van der Waals surface area contributed by atoms with Crippen LogP contribution >= 0.6 is 0 Å². The highest BCUT2D eigenvalue weighted by Gasteiger charge is 2.31. The zero-order chi connectivity index (χ0) is 21.7. The first-order chi connectivity index (χ1) is 13.8. The van der Waals surface area contributed by atoms with Gasteiger partial charge in [0.1, 0.15) is 13.2 Å². The van der Waals surface area contributed by atoms with Crippen molar-refractivity contribution in [3.05, 3.63) is 24.3 Å². The Morgan fingerprint density at radius 3 is 1.59 bits per heavy atom. The molecular formula is C20H29NO8. The van der Waals surface area contributed by atoms with E-state index in [4.69, 9.17) is 9.47 Å². The molecule has 1 aliphatic heterocycles. The van der Waals surface area contributed by atoms with Gasteiger partial charge in [-0.1, -0.05) is 13.3 Å². The fourth-order valence-electron chi connectivity index (χ4n) is 2.79. The number of carbonyl (C=O) groups excluding carboxylic acids is 4. The highest BCUT2D eigenvalue weighted by molar-refractivity contribution is 5.92. The topological polar surface area (TPSA) is 108 Å². The molecule has 1 rings (SSSR count). The lowest BCUT2D eigenvalue weighted by Gasteiger charge is -2.36. The Labute approximate surface area is 170 Å². The van der Waals surface area contributed by atoms with E-state index in [-0.39, 0.29) is 13.2 Å². The van der Waals surface area contributed by atoms with E-state index in [1.807, 2.05) is 6.92 Å². The van der Waals surface area contributed by atoms with E-state index in [1.165, 1.54) is 20.6 Å². The number of hydrogen-bond acceptors (Lipinski definition) is 9. The third-order valence-corrected chi connectivity index (χ3v) is 4.29. The van der Waals surface area contributed by atoms with Gasteiger partial charge in [-0.2, -0.15) is 0 Å². The molecule has 0 atom stereocenters. The van der Waals surface area contributed by atoms with Crippen LogP contribution in [0, 0.1) is 5.41 Å². The normalized spacial score (nSPS) is 15.3. The van der Waals surface area contributed by atoms with Crippen LogP contribution in [0.3, 0.4) is 0 Å². The van der Waals surface area contributed by atoms with Gasteiger partial charge in [0.05, 0.1) is 14.2 Å². The summed E-state index contributed by atoms with van der Waals surface area (Å²) in [6.07, 6.45) is 7.26. The van der Waals surface area contributed by atoms with E-state index in [0.29, 0.717) is 6.54 Å². The lowest BCUT2D eigenvalue weighted by molar-refractivity contribution is -0.149. The van der Waals surface area contributed by atoms with E-state index < -0.39 is 29.3 Å². The quantitative estimate of drug-likeness (QED) is 0.296. The van der Waals surface area contributed by atoms with Crippen LogP contribution in [0.2, 0.25) is 0 Å². The van der Waals surface area contributed by atoms with E-state index in [0.717, 1.165) is 50.2 Å². The molecule has 0 unspecified atom stereocenters. The second kappa shape index (κ2) is 12.7. The molecule has 9 nitrogen and oxygen atoms in total. The highest BCUT2D eigenvalue weighted by atomic mass is 16.6. The van der Waals surface area contributed by atoms with Crippen LogP contribution in [0.5, 0.6) is 0 Å². The van der Waals surface area contributed by atoms with Crippen molar-refractivity contribution < 1.29 is 38.1 Å². The summed E-state index contributed by atoms with van der Waals surface area (Å²) < 4.78 is 19.3. The first-order valence-electron chi connectivity index (χ1n) is 9.36. The Morgan fingerprint density at radius 1 is 0.759 bits per heavy atom. The molecule has 0 aromatic rings. The minimum Gasteiger partial charge on any atom is -0.466 e. The van der Waals surface area contributed by atoms with Gasteiger partial charge in [0, 0.05) is 36.3 Å². The van der Waals surface area contributed by atoms with Gasteiger partial charge in [0.15, 0.2) is 0 Å². The average molecular weight is 411 g/mol. The van der Waals surface area contributed by atoms with Crippen molar-refractivity contribution in [2.45, 2.75) is 26.2 Å². The number of ether oxygens (including phenoxy) is 4. The van der Waals surface area contributed by atoms with Crippen LogP contribution in [-0.4, -0.2) is 75.8 Å². The SMILES string of the molecule is COC(=O)/C=C/C(=O)OCC(C)(COC(=O)/C=C/C(=O)OC)CN1CCCCC1. The minimum atomic E-state index is -0.697. The molecule has 0 N–H and O–H groups in total. The van der Waals surface area contributed by atoms with Crippen molar-refractivity contribution in [1.29, 1.82) is 0 Å². The maximum atomic E-state index is 11.9. The van der Waals surface area contributed by atoms with Crippen molar-refractivity contribution in [1.82, 2.24) is 4.90 Å². The summed E-state index contributed by atoms with van der Waals surface area (Å²) in [4.78, 5) is 48.1. The summed E-state index contributed by atoms with van der Waals surface area (Å²) >= 11 is 0. The molecule has 162 valence electrons. The number of rotatable bonds is 10. The van der Waals surface area contributed by atoms with Gasteiger partial charge >= 0.3 is 23.9 Å². The van der Waals surface area contributed by atoms with Gasteiger partial charge in [-0.3, -0.25) is 0 Å². The third-order valence-electron chi connectivity index (χ3n) is 4.29. The number of likely N-dealkylation sites (tertiary alicyclic amines) is 1. The Balaban J connectivity index is 2.69. The molecule has 0 bridgehead atoms. The van der Waals surface area contributed by atoms with E-state index in [9.17, 15) is 19.2 Å². The lowest BCUT2D eigenvalue weighted by Crippen LogP contribution is -2.44. The summed E-state index contributed by atoms with van der Waals surface area (Å²) in [6.45, 7) is 4.22. The average Bonchev–Trinajstić information content (AvgIpc) is 2.73. The minimum absolute atomic E-state index is 0.0121. The van der Waals surface area contributed by atoms with Gasteiger partial charge in [0.2, 0.25) is 0 Å². The number of nitrogens with zero attached hydrogens (tertiary/aromatic N) is 1. The molecule has 29 heavy (non-hydrogen) atoms. The van der Waals surface area contributed by atoms with Crippen LogP contribution in [0.25, 0.3) is 0 Å². The maximum Gasteiger partial charge on any atom is 0.331 e. The molecular weight excluding hydrogens is 382 g/mol. The monoisotopic (exact) mass is 411 g/mol. The Hall–Kier alpha value is -2.68. The van der Waals surface area contributed by atoms with Crippen molar-refractivity contribution in [2.75, 3.05) is 47.1 Å². The van der Waals surface area contributed by atoms with E-state index >= 15 is 0 Å². The van der Waals surface area contributed by atoms with Crippen molar-refractivity contribution in [2.24, 2.45) is 5.41 Å². The molecule has 1 saturated heterocycles. The van der Waals surface area contributed by atoms with Crippen molar-refractivity contribution in [3.63, 3.8) is 0 Å². The first kappa shape index (κ1) is 24.4. The van der Waals surface area contributed by atoms with Gasteiger partial charge in [-0.25, -0.2) is 19.2 Å². The highest BCUT2D eigenvalue weighted by Crippen LogP contribution is 2.22. The molecule has 1 heterocycles. The Morgan fingerprint density at radius 2 is 1.17 bits per heavy atom. The fraction of sp³-hybridized carbons (Fsp3) is 0.600. The fourth-order valence-corrected chi connectivity index (χ4v) is 2.79. The Bertz CT molecular complexity index is 592. The molecule has 0 radical (unpaired) electrons. The molecule has 0 aliphatic carbocycles. The molecule has 0 spiro atoms. The van der Waals surface area contributed by atoms with Gasteiger partial charge in [0.25, 0.3) is 0 Å². The molecule has 9 heteroatoms. The summed E-state index contributed by atoms with van der Waals surface area (Å²) in [5.74, 6) is -2.72.